The lowest BCUT2D eigenvalue weighted by Crippen LogP contribution is -2.51. The van der Waals surface area contributed by atoms with Gasteiger partial charge in [-0.2, -0.15) is 5.26 Å². The van der Waals surface area contributed by atoms with Gasteiger partial charge in [0.2, 0.25) is 5.91 Å². The molecule has 4 nitrogen and oxygen atoms in total. The molecule has 1 atom stereocenters. The molecule has 0 spiro atoms. The number of hydrogen-bond donors (Lipinski definition) is 0. The number of nitrogens with zero attached hydrogens (tertiary/aromatic N) is 2. The van der Waals surface area contributed by atoms with Gasteiger partial charge in [-0.3, -0.25) is 4.79 Å². The van der Waals surface area contributed by atoms with Gasteiger partial charge in [-0.15, -0.1) is 0 Å². The molecule has 1 aromatic carbocycles. The zero-order valence-corrected chi connectivity index (χ0v) is 11.3. The van der Waals surface area contributed by atoms with E-state index in [1.165, 1.54) is 0 Å². The highest BCUT2D eigenvalue weighted by Crippen LogP contribution is 2.26. The first-order valence-electron chi connectivity index (χ1n) is 6.42. The number of amides is 1. The zero-order valence-electron chi connectivity index (χ0n) is 11.3. The summed E-state index contributed by atoms with van der Waals surface area (Å²) >= 11 is 0. The molecule has 1 aliphatic rings. The molecule has 19 heavy (non-hydrogen) atoms. The fourth-order valence-electron chi connectivity index (χ4n) is 2.29. The average Bonchev–Trinajstić information content (AvgIpc) is 2.47. The van der Waals surface area contributed by atoms with Gasteiger partial charge in [-0.05, 0) is 19.4 Å². The van der Waals surface area contributed by atoms with Crippen LogP contribution in [0.5, 0.6) is 0 Å². The van der Waals surface area contributed by atoms with Crippen molar-refractivity contribution in [2.45, 2.75) is 25.4 Å². The third-order valence-corrected chi connectivity index (χ3v) is 3.53. The molecule has 1 aliphatic heterocycles. The molecule has 1 fully saturated rings. The van der Waals surface area contributed by atoms with Gasteiger partial charge in [0.25, 0.3) is 0 Å². The Balaban J connectivity index is 2.17. The Kier molecular flexibility index (Phi) is 3.87. The second-order valence-corrected chi connectivity index (χ2v) is 5.23. The molecule has 1 amide bonds. The predicted molar refractivity (Wildman–Crippen MR) is 71.4 cm³/mol. The molecule has 100 valence electrons. The Labute approximate surface area is 113 Å². The molecule has 4 heteroatoms. The first-order valence-corrected chi connectivity index (χ1v) is 6.42. The van der Waals surface area contributed by atoms with Crippen LogP contribution in [0.4, 0.5) is 0 Å². The third-order valence-electron chi connectivity index (χ3n) is 3.53. The van der Waals surface area contributed by atoms with E-state index < -0.39 is 11.5 Å². The maximum absolute atomic E-state index is 12.6. The van der Waals surface area contributed by atoms with Crippen LogP contribution in [0.1, 0.15) is 19.4 Å². The number of hydrogen-bond acceptors (Lipinski definition) is 3. The number of ether oxygens (including phenoxy) is 1. The van der Waals surface area contributed by atoms with Gasteiger partial charge in [-0.1, -0.05) is 30.3 Å². The molecule has 0 N–H and O–H groups in total. The smallest absolute Gasteiger partial charge is 0.232 e. The fourth-order valence-corrected chi connectivity index (χ4v) is 2.29. The summed E-state index contributed by atoms with van der Waals surface area (Å²) in [5, 5.41) is 8.90. The molecular formula is C15H18N2O2. The van der Waals surface area contributed by atoms with Crippen LogP contribution in [0.15, 0.2) is 30.3 Å². The van der Waals surface area contributed by atoms with E-state index in [-0.39, 0.29) is 5.91 Å². The van der Waals surface area contributed by atoms with E-state index in [4.69, 9.17) is 10.00 Å². The van der Waals surface area contributed by atoms with E-state index in [9.17, 15) is 4.79 Å². The van der Waals surface area contributed by atoms with E-state index in [1.54, 1.807) is 4.90 Å². The number of carbonyl (C=O) groups excluding carboxylic acids is 1. The van der Waals surface area contributed by atoms with E-state index >= 15 is 0 Å². The second-order valence-electron chi connectivity index (χ2n) is 5.23. The minimum atomic E-state index is -0.585. The first kappa shape index (κ1) is 13.6. The van der Waals surface area contributed by atoms with E-state index in [0.29, 0.717) is 19.7 Å². The molecule has 0 saturated carbocycles. The van der Waals surface area contributed by atoms with E-state index in [1.807, 2.05) is 44.2 Å². The van der Waals surface area contributed by atoms with Gasteiger partial charge < -0.3 is 9.64 Å². The first-order chi connectivity index (χ1) is 9.05. The van der Waals surface area contributed by atoms with Gasteiger partial charge in [0.1, 0.15) is 0 Å². The van der Waals surface area contributed by atoms with Crippen molar-refractivity contribution in [2.24, 2.45) is 0 Å². The number of benzene rings is 1. The maximum atomic E-state index is 12.6. The van der Waals surface area contributed by atoms with E-state index in [0.717, 1.165) is 5.56 Å². The number of nitriles is 1. The predicted octanol–water partition coefficient (Wildman–Crippen LogP) is 1.72. The lowest BCUT2D eigenvalue weighted by atomic mass is 9.83. The highest BCUT2D eigenvalue weighted by Gasteiger charge is 2.36. The maximum Gasteiger partial charge on any atom is 0.232 e. The summed E-state index contributed by atoms with van der Waals surface area (Å²) in [5.41, 5.74) is 0.401. The normalized spacial score (nSPS) is 19.8. The summed E-state index contributed by atoms with van der Waals surface area (Å²) in [6.45, 7) is 5.16. The number of rotatable bonds is 2. The number of carbonyl (C=O) groups is 1. The largest absolute Gasteiger partial charge is 0.360 e. The SMILES string of the molecule is CC(C)(C(=O)N1CCOC(C#N)C1)c1ccccc1. The highest BCUT2D eigenvalue weighted by atomic mass is 16.5. The highest BCUT2D eigenvalue weighted by molar-refractivity contribution is 5.87. The standard InChI is InChI=1S/C15H18N2O2/c1-15(2,12-6-4-3-5-7-12)14(18)17-8-9-19-13(10-16)11-17/h3-7,13H,8-9,11H2,1-2H3. The molecule has 0 bridgehead atoms. The fraction of sp³-hybridized carbons (Fsp3) is 0.467. The molecule has 1 aromatic rings. The summed E-state index contributed by atoms with van der Waals surface area (Å²) in [6.07, 6.45) is -0.510. The van der Waals surface area contributed by atoms with Crippen molar-refractivity contribution in [2.75, 3.05) is 19.7 Å². The van der Waals surface area contributed by atoms with Crippen molar-refractivity contribution in [3.05, 3.63) is 35.9 Å². The van der Waals surface area contributed by atoms with Crippen molar-refractivity contribution in [1.29, 1.82) is 5.26 Å². The Morgan fingerprint density at radius 3 is 2.74 bits per heavy atom. The van der Waals surface area contributed by atoms with Crippen molar-refractivity contribution < 1.29 is 9.53 Å². The zero-order chi connectivity index (χ0) is 13.9. The van der Waals surface area contributed by atoms with Gasteiger partial charge in [-0.25, -0.2) is 0 Å². The molecule has 2 rings (SSSR count). The van der Waals surface area contributed by atoms with Crippen molar-refractivity contribution in [1.82, 2.24) is 4.90 Å². The molecule has 1 heterocycles. The van der Waals surface area contributed by atoms with Crippen LogP contribution >= 0.6 is 0 Å². The Hall–Kier alpha value is -1.86. The van der Waals surface area contributed by atoms with Gasteiger partial charge in [0.05, 0.1) is 24.6 Å². The van der Waals surface area contributed by atoms with Gasteiger partial charge >= 0.3 is 0 Å². The summed E-state index contributed by atoms with van der Waals surface area (Å²) in [7, 11) is 0. The second kappa shape index (κ2) is 5.41. The van der Waals surface area contributed by atoms with Crippen LogP contribution in [-0.2, 0) is 14.9 Å². The van der Waals surface area contributed by atoms with Crippen LogP contribution in [-0.4, -0.2) is 36.6 Å². The summed E-state index contributed by atoms with van der Waals surface area (Å²) < 4.78 is 5.27. The number of morpholine rings is 1. The van der Waals surface area contributed by atoms with Crippen LogP contribution < -0.4 is 0 Å². The van der Waals surface area contributed by atoms with E-state index in [2.05, 4.69) is 6.07 Å². The summed E-state index contributed by atoms with van der Waals surface area (Å²) in [6, 6.07) is 11.8. The molecule has 1 unspecified atom stereocenters. The van der Waals surface area contributed by atoms with Crippen LogP contribution in [0.25, 0.3) is 0 Å². The quantitative estimate of drug-likeness (QED) is 0.811. The third kappa shape index (κ3) is 2.77. The van der Waals surface area contributed by atoms with Crippen molar-refractivity contribution in [3.63, 3.8) is 0 Å². The summed E-state index contributed by atoms with van der Waals surface area (Å²) in [5.74, 6) is 0.0438. The van der Waals surface area contributed by atoms with Crippen LogP contribution in [0, 0.1) is 11.3 Å². The summed E-state index contributed by atoms with van der Waals surface area (Å²) in [4.78, 5) is 14.4. The lowest BCUT2D eigenvalue weighted by molar-refractivity contribution is -0.142. The van der Waals surface area contributed by atoms with Gasteiger partial charge in [0, 0.05) is 6.54 Å². The van der Waals surface area contributed by atoms with Crippen LogP contribution in [0.3, 0.4) is 0 Å². The Morgan fingerprint density at radius 1 is 1.42 bits per heavy atom. The van der Waals surface area contributed by atoms with Gasteiger partial charge in [0.15, 0.2) is 6.10 Å². The topological polar surface area (TPSA) is 53.3 Å². The monoisotopic (exact) mass is 258 g/mol. The molecular weight excluding hydrogens is 240 g/mol. The minimum absolute atomic E-state index is 0.0438. The average molecular weight is 258 g/mol. The van der Waals surface area contributed by atoms with Crippen molar-refractivity contribution >= 4 is 5.91 Å². The minimum Gasteiger partial charge on any atom is -0.360 e. The molecule has 0 radical (unpaired) electrons. The van der Waals surface area contributed by atoms with Crippen LogP contribution in [0.2, 0.25) is 0 Å². The molecule has 1 saturated heterocycles. The lowest BCUT2D eigenvalue weighted by Gasteiger charge is -2.36. The van der Waals surface area contributed by atoms with Crippen molar-refractivity contribution in [3.8, 4) is 6.07 Å². The Bertz CT molecular complexity index is 491. The Morgan fingerprint density at radius 2 is 2.11 bits per heavy atom. The molecule has 0 aliphatic carbocycles. The molecule has 0 aromatic heterocycles.